The lowest BCUT2D eigenvalue weighted by molar-refractivity contribution is -0.131. The smallest absolute Gasteiger partial charge is 0.238 e. The van der Waals surface area contributed by atoms with Crippen molar-refractivity contribution in [2.75, 3.05) is 5.88 Å². The predicted molar refractivity (Wildman–Crippen MR) is 113 cm³/mol. The zero-order valence-electron chi connectivity index (χ0n) is 17.4. The second-order valence-electron chi connectivity index (χ2n) is 9.06. The van der Waals surface area contributed by atoms with Crippen LogP contribution in [0.4, 0.5) is 0 Å². The van der Waals surface area contributed by atoms with Crippen molar-refractivity contribution in [2.45, 2.75) is 70.9 Å². The molecule has 1 atom stereocenters. The van der Waals surface area contributed by atoms with E-state index in [9.17, 15) is 4.79 Å². The van der Waals surface area contributed by atoms with Crippen LogP contribution in [0.25, 0.3) is 0 Å². The van der Waals surface area contributed by atoms with Gasteiger partial charge in [0.25, 0.3) is 0 Å². The SMILES string of the molecule is Cc1c2c(nn1C)CC(N(Cc1ccc3c(c1)CCC3(C)C)C(=O)CCl)CC2. The van der Waals surface area contributed by atoms with E-state index in [0.29, 0.717) is 6.54 Å². The van der Waals surface area contributed by atoms with Crippen LogP contribution in [0.1, 0.15) is 60.3 Å². The van der Waals surface area contributed by atoms with Gasteiger partial charge in [-0.1, -0.05) is 32.0 Å². The second kappa shape index (κ2) is 7.22. The molecule has 1 unspecified atom stereocenters. The van der Waals surface area contributed by atoms with E-state index in [1.807, 2.05) is 16.6 Å². The molecule has 28 heavy (non-hydrogen) atoms. The fourth-order valence-electron chi connectivity index (χ4n) is 5.00. The van der Waals surface area contributed by atoms with E-state index >= 15 is 0 Å². The monoisotopic (exact) mass is 399 g/mol. The lowest BCUT2D eigenvalue weighted by Crippen LogP contribution is -2.43. The Balaban J connectivity index is 1.57. The molecular weight excluding hydrogens is 370 g/mol. The van der Waals surface area contributed by atoms with Crippen LogP contribution in [0.3, 0.4) is 0 Å². The average molecular weight is 400 g/mol. The lowest BCUT2D eigenvalue weighted by atomic mass is 9.86. The Labute approximate surface area is 172 Å². The Morgan fingerprint density at radius 2 is 2.14 bits per heavy atom. The molecule has 0 spiro atoms. The molecule has 4 nitrogen and oxygen atoms in total. The van der Waals surface area contributed by atoms with Gasteiger partial charge in [-0.25, -0.2) is 0 Å². The number of aromatic nitrogens is 2. The summed E-state index contributed by atoms with van der Waals surface area (Å²) in [6, 6.07) is 6.93. The van der Waals surface area contributed by atoms with Crippen molar-refractivity contribution in [3.05, 3.63) is 51.8 Å². The molecule has 0 N–H and O–H groups in total. The molecule has 150 valence electrons. The maximum atomic E-state index is 12.7. The highest BCUT2D eigenvalue weighted by Crippen LogP contribution is 2.38. The summed E-state index contributed by atoms with van der Waals surface area (Å²) in [5.74, 6) is 0.0476. The molecule has 0 aliphatic heterocycles. The number of benzene rings is 1. The molecule has 1 amide bonds. The summed E-state index contributed by atoms with van der Waals surface area (Å²) >= 11 is 5.98. The van der Waals surface area contributed by atoms with E-state index in [1.165, 1.54) is 34.4 Å². The third-order valence-corrected chi connectivity index (χ3v) is 7.07. The lowest BCUT2D eigenvalue weighted by Gasteiger charge is -2.34. The number of alkyl halides is 1. The average Bonchev–Trinajstić information content (AvgIpc) is 3.14. The van der Waals surface area contributed by atoms with Crippen molar-refractivity contribution < 1.29 is 4.79 Å². The van der Waals surface area contributed by atoms with Crippen molar-refractivity contribution in [1.82, 2.24) is 14.7 Å². The zero-order valence-corrected chi connectivity index (χ0v) is 18.1. The van der Waals surface area contributed by atoms with E-state index in [2.05, 4.69) is 44.1 Å². The highest BCUT2D eigenvalue weighted by molar-refractivity contribution is 6.27. The number of fused-ring (bicyclic) bond motifs is 2. The number of hydrogen-bond acceptors (Lipinski definition) is 2. The molecule has 2 aromatic rings. The van der Waals surface area contributed by atoms with E-state index in [1.54, 1.807) is 0 Å². The van der Waals surface area contributed by atoms with Crippen LogP contribution in [0, 0.1) is 6.92 Å². The first-order valence-corrected chi connectivity index (χ1v) is 10.8. The van der Waals surface area contributed by atoms with Crippen LogP contribution in [-0.4, -0.2) is 32.5 Å². The molecule has 0 radical (unpaired) electrons. The summed E-state index contributed by atoms with van der Waals surface area (Å²) in [5, 5.41) is 4.68. The fraction of sp³-hybridized carbons (Fsp3) is 0.565. The van der Waals surface area contributed by atoms with Gasteiger partial charge in [-0.3, -0.25) is 9.48 Å². The van der Waals surface area contributed by atoms with Crippen LogP contribution in [0.5, 0.6) is 0 Å². The van der Waals surface area contributed by atoms with Crippen LogP contribution in [0.2, 0.25) is 0 Å². The van der Waals surface area contributed by atoms with Gasteiger partial charge in [0.1, 0.15) is 5.88 Å². The van der Waals surface area contributed by atoms with Crippen molar-refractivity contribution in [3.8, 4) is 0 Å². The highest BCUT2D eigenvalue weighted by atomic mass is 35.5. The Morgan fingerprint density at radius 3 is 2.89 bits per heavy atom. The van der Waals surface area contributed by atoms with E-state index in [4.69, 9.17) is 11.6 Å². The number of carbonyl (C=O) groups excluding carboxylic acids is 1. The van der Waals surface area contributed by atoms with Crippen LogP contribution in [-0.2, 0) is 43.1 Å². The number of hydrogen-bond donors (Lipinski definition) is 0. The first-order valence-electron chi connectivity index (χ1n) is 10.3. The Bertz CT molecular complexity index is 915. The molecule has 1 aromatic heterocycles. The second-order valence-corrected chi connectivity index (χ2v) is 9.33. The van der Waals surface area contributed by atoms with Gasteiger partial charge >= 0.3 is 0 Å². The Hall–Kier alpha value is -1.81. The number of carbonyl (C=O) groups is 1. The summed E-state index contributed by atoms with van der Waals surface area (Å²) in [7, 11) is 2.00. The molecular formula is C23H30ClN3O. The standard InChI is InChI=1S/C23H30ClN3O/c1-15-19-7-6-18(12-21(19)25-26(15)4)27(22(28)13-24)14-16-5-8-20-17(11-16)9-10-23(20,2)3/h5,8,11,18H,6-7,9-10,12-14H2,1-4H3. The van der Waals surface area contributed by atoms with Gasteiger partial charge in [-0.2, -0.15) is 5.10 Å². The maximum Gasteiger partial charge on any atom is 0.238 e. The molecule has 2 aliphatic carbocycles. The molecule has 1 heterocycles. The van der Waals surface area contributed by atoms with E-state index in [0.717, 1.165) is 31.4 Å². The number of aryl methyl sites for hydroxylation is 2. The van der Waals surface area contributed by atoms with Gasteiger partial charge in [0.15, 0.2) is 0 Å². The molecule has 0 fully saturated rings. The van der Waals surface area contributed by atoms with Crippen LogP contribution >= 0.6 is 11.6 Å². The third kappa shape index (κ3) is 3.36. The molecule has 4 rings (SSSR count). The molecule has 0 saturated carbocycles. The summed E-state index contributed by atoms with van der Waals surface area (Å²) in [6.45, 7) is 7.39. The quantitative estimate of drug-likeness (QED) is 0.726. The van der Waals surface area contributed by atoms with Crippen LogP contribution < -0.4 is 0 Å². The molecule has 2 aliphatic rings. The number of nitrogens with zero attached hydrogens (tertiary/aromatic N) is 3. The normalized spacial score (nSPS) is 20.0. The summed E-state index contributed by atoms with van der Waals surface area (Å²) < 4.78 is 1.96. The topological polar surface area (TPSA) is 38.1 Å². The molecule has 5 heteroatoms. The van der Waals surface area contributed by atoms with Gasteiger partial charge < -0.3 is 4.90 Å². The third-order valence-electron chi connectivity index (χ3n) is 6.84. The van der Waals surface area contributed by atoms with Crippen LogP contribution in [0.15, 0.2) is 18.2 Å². The minimum Gasteiger partial charge on any atom is -0.334 e. The summed E-state index contributed by atoms with van der Waals surface area (Å²) in [4.78, 5) is 14.7. The van der Waals surface area contributed by atoms with Gasteiger partial charge in [0.2, 0.25) is 5.91 Å². The van der Waals surface area contributed by atoms with Gasteiger partial charge in [-0.05, 0) is 60.3 Å². The largest absolute Gasteiger partial charge is 0.334 e. The zero-order chi connectivity index (χ0) is 20.1. The minimum absolute atomic E-state index is 0.0172. The molecule has 0 saturated heterocycles. The van der Waals surface area contributed by atoms with E-state index in [-0.39, 0.29) is 23.2 Å². The fourth-order valence-corrected chi connectivity index (χ4v) is 5.15. The van der Waals surface area contributed by atoms with Gasteiger partial charge in [0.05, 0.1) is 5.69 Å². The first kappa shape index (κ1) is 19.5. The predicted octanol–water partition coefficient (Wildman–Crippen LogP) is 4.08. The van der Waals surface area contributed by atoms with Crippen molar-refractivity contribution in [3.63, 3.8) is 0 Å². The van der Waals surface area contributed by atoms with Gasteiger partial charge in [-0.15, -0.1) is 11.6 Å². The van der Waals surface area contributed by atoms with Crippen molar-refractivity contribution in [1.29, 1.82) is 0 Å². The minimum atomic E-state index is 0.0172. The van der Waals surface area contributed by atoms with Gasteiger partial charge in [0, 0.05) is 31.7 Å². The maximum absolute atomic E-state index is 12.7. The Kier molecular flexibility index (Phi) is 5.03. The number of amides is 1. The molecule has 1 aromatic carbocycles. The number of halogens is 1. The summed E-state index contributed by atoms with van der Waals surface area (Å²) in [5.41, 5.74) is 8.10. The summed E-state index contributed by atoms with van der Waals surface area (Å²) in [6.07, 6.45) is 5.09. The first-order chi connectivity index (χ1) is 13.3. The molecule has 0 bridgehead atoms. The van der Waals surface area contributed by atoms with Crippen molar-refractivity contribution in [2.24, 2.45) is 7.05 Å². The Morgan fingerprint density at radius 1 is 1.36 bits per heavy atom. The highest BCUT2D eigenvalue weighted by Gasteiger charge is 2.32. The van der Waals surface area contributed by atoms with E-state index < -0.39 is 0 Å². The van der Waals surface area contributed by atoms with Crippen molar-refractivity contribution >= 4 is 17.5 Å². The number of rotatable bonds is 4.